The number of aromatic nitrogens is 2. The highest BCUT2D eigenvalue weighted by atomic mass is 19.3. The highest BCUT2D eigenvalue weighted by Gasteiger charge is 2.36. The Labute approximate surface area is 202 Å². The first-order chi connectivity index (χ1) is 16.9. The van der Waals surface area contributed by atoms with E-state index in [9.17, 15) is 13.6 Å². The van der Waals surface area contributed by atoms with Crippen molar-refractivity contribution < 1.29 is 27.8 Å². The van der Waals surface area contributed by atoms with Crippen LogP contribution in [-0.4, -0.2) is 42.0 Å². The van der Waals surface area contributed by atoms with Crippen molar-refractivity contribution in [2.24, 2.45) is 17.1 Å². The van der Waals surface area contributed by atoms with Crippen LogP contribution >= 0.6 is 0 Å². The van der Waals surface area contributed by atoms with Gasteiger partial charge in [0.05, 0.1) is 25.6 Å². The van der Waals surface area contributed by atoms with Crippen LogP contribution < -0.4 is 19.9 Å². The van der Waals surface area contributed by atoms with Crippen molar-refractivity contribution in [1.29, 1.82) is 0 Å². The van der Waals surface area contributed by atoms with Gasteiger partial charge in [0, 0.05) is 36.2 Å². The number of methoxy groups -OCH3 is 1. The second-order valence-corrected chi connectivity index (χ2v) is 9.58. The molecule has 35 heavy (non-hydrogen) atoms. The molecule has 2 heterocycles. The van der Waals surface area contributed by atoms with E-state index in [0.29, 0.717) is 48.1 Å². The predicted molar refractivity (Wildman–Crippen MR) is 126 cm³/mol. The van der Waals surface area contributed by atoms with E-state index in [1.165, 1.54) is 19.6 Å². The van der Waals surface area contributed by atoms with E-state index >= 15 is 0 Å². The van der Waals surface area contributed by atoms with E-state index in [0.717, 1.165) is 25.7 Å². The number of rotatable bonds is 11. The van der Waals surface area contributed by atoms with Crippen LogP contribution in [0.25, 0.3) is 16.9 Å². The molecule has 2 saturated carbocycles. The summed E-state index contributed by atoms with van der Waals surface area (Å²) in [6.45, 7) is -1.90. The largest absolute Gasteiger partial charge is 0.496 e. The SMILES string of the molecule is COc1cc(-c2cnc3cc(OCC4(CN)CCC4)ccn23)cc(OC(F)F)c1C(=O)CC1CC1. The zero-order chi connectivity index (χ0) is 24.6. The number of ether oxygens (including phenoxy) is 3. The average Bonchev–Trinajstić information content (AvgIpc) is 3.52. The standard InChI is InChI=1S/C26H29F2N3O4/c1-33-21-10-17(11-22(35-25(27)28)24(21)20(32)9-16-3-4-16)19-13-30-23-12-18(5-8-31(19)23)34-15-26(14-29)6-2-7-26/h5,8,10-13,16,25H,2-4,6-7,9,14-15,29H2,1H3. The van der Waals surface area contributed by atoms with E-state index in [2.05, 4.69) is 4.98 Å². The van der Waals surface area contributed by atoms with Crippen molar-refractivity contribution >= 4 is 11.4 Å². The first-order valence-electron chi connectivity index (χ1n) is 11.9. The second-order valence-electron chi connectivity index (χ2n) is 9.58. The van der Waals surface area contributed by atoms with Crippen molar-refractivity contribution in [3.63, 3.8) is 0 Å². The van der Waals surface area contributed by atoms with Crippen molar-refractivity contribution in [3.05, 3.63) is 42.2 Å². The van der Waals surface area contributed by atoms with Gasteiger partial charge in [-0.25, -0.2) is 4.98 Å². The van der Waals surface area contributed by atoms with Crippen LogP contribution in [0.15, 0.2) is 36.7 Å². The fraction of sp³-hybridized carbons (Fsp3) is 0.462. The van der Waals surface area contributed by atoms with Crippen LogP contribution in [0.5, 0.6) is 17.2 Å². The third-order valence-electron chi connectivity index (χ3n) is 7.12. The number of hydrogen-bond acceptors (Lipinski definition) is 6. The summed E-state index contributed by atoms with van der Waals surface area (Å²) in [6.07, 6.45) is 9.00. The van der Waals surface area contributed by atoms with Crippen LogP contribution in [0.2, 0.25) is 0 Å². The molecular weight excluding hydrogens is 456 g/mol. The topological polar surface area (TPSA) is 88.1 Å². The summed E-state index contributed by atoms with van der Waals surface area (Å²) in [5.41, 5.74) is 7.86. The Morgan fingerprint density at radius 3 is 2.66 bits per heavy atom. The lowest BCUT2D eigenvalue weighted by Crippen LogP contribution is -2.42. The number of alkyl halides is 2. The molecule has 0 radical (unpaired) electrons. The molecular formula is C26H29F2N3O4. The summed E-state index contributed by atoms with van der Waals surface area (Å²) in [6, 6.07) is 6.77. The highest BCUT2D eigenvalue weighted by molar-refractivity contribution is 6.02. The van der Waals surface area contributed by atoms with E-state index in [4.69, 9.17) is 19.9 Å². The Balaban J connectivity index is 1.46. The molecule has 9 heteroatoms. The molecule has 0 atom stereocenters. The van der Waals surface area contributed by atoms with Crippen molar-refractivity contribution in [1.82, 2.24) is 9.38 Å². The minimum absolute atomic E-state index is 0.0535. The lowest BCUT2D eigenvalue weighted by molar-refractivity contribution is -0.0502. The summed E-state index contributed by atoms with van der Waals surface area (Å²) < 4.78 is 44.5. The number of nitrogens with two attached hydrogens (primary N) is 1. The van der Waals surface area contributed by atoms with Gasteiger partial charge in [-0.1, -0.05) is 6.42 Å². The van der Waals surface area contributed by atoms with Crippen LogP contribution in [0.4, 0.5) is 8.78 Å². The molecule has 0 amide bonds. The van der Waals surface area contributed by atoms with Gasteiger partial charge < -0.3 is 19.9 Å². The van der Waals surface area contributed by atoms with E-state index < -0.39 is 6.61 Å². The third kappa shape index (κ3) is 4.82. The van der Waals surface area contributed by atoms with Crippen LogP contribution in [0.1, 0.15) is 48.9 Å². The van der Waals surface area contributed by atoms with Crippen molar-refractivity contribution in [2.45, 2.75) is 45.1 Å². The monoisotopic (exact) mass is 485 g/mol. The maximum atomic E-state index is 13.2. The molecule has 5 rings (SSSR count). The fourth-order valence-corrected chi connectivity index (χ4v) is 4.63. The summed E-state index contributed by atoms with van der Waals surface area (Å²) in [4.78, 5) is 17.3. The Morgan fingerprint density at radius 1 is 1.26 bits per heavy atom. The Hall–Kier alpha value is -3.20. The zero-order valence-corrected chi connectivity index (χ0v) is 19.6. The lowest BCUT2D eigenvalue weighted by Gasteiger charge is -2.40. The highest BCUT2D eigenvalue weighted by Crippen LogP contribution is 2.41. The molecule has 2 aromatic heterocycles. The minimum atomic E-state index is -3.07. The Bertz CT molecular complexity index is 1230. The van der Waals surface area contributed by atoms with Crippen molar-refractivity contribution in [2.75, 3.05) is 20.3 Å². The number of halogens is 2. The summed E-state index contributed by atoms with van der Waals surface area (Å²) >= 11 is 0. The Kier molecular flexibility index (Phi) is 6.35. The van der Waals surface area contributed by atoms with Gasteiger partial charge in [-0.15, -0.1) is 0 Å². The van der Waals surface area contributed by atoms with Gasteiger partial charge >= 0.3 is 6.61 Å². The number of nitrogens with zero attached hydrogens (tertiary/aromatic N) is 2. The molecule has 0 aliphatic heterocycles. The van der Waals surface area contributed by atoms with Gasteiger partial charge in [-0.3, -0.25) is 9.20 Å². The molecule has 2 N–H and O–H groups in total. The number of Topliss-reactive ketones (excluding diaryl/α,β-unsaturated/α-hetero) is 1. The zero-order valence-electron chi connectivity index (χ0n) is 19.6. The molecule has 2 fully saturated rings. The van der Waals surface area contributed by atoms with Crippen LogP contribution in [-0.2, 0) is 0 Å². The van der Waals surface area contributed by atoms with Gasteiger partial charge in [-0.05, 0) is 49.8 Å². The number of carbonyl (C=O) groups excluding carboxylic acids is 1. The van der Waals surface area contributed by atoms with Crippen LogP contribution in [0.3, 0.4) is 0 Å². The normalized spacial score (nSPS) is 16.8. The molecule has 0 spiro atoms. The van der Waals surface area contributed by atoms with Gasteiger partial charge in [0.1, 0.15) is 28.5 Å². The number of hydrogen-bond donors (Lipinski definition) is 1. The summed E-state index contributed by atoms with van der Waals surface area (Å²) in [5, 5.41) is 0. The second kappa shape index (κ2) is 9.45. The van der Waals surface area contributed by atoms with Gasteiger partial charge in [-0.2, -0.15) is 8.78 Å². The number of carbonyl (C=O) groups is 1. The maximum Gasteiger partial charge on any atom is 0.387 e. The number of benzene rings is 1. The fourth-order valence-electron chi connectivity index (χ4n) is 4.63. The van der Waals surface area contributed by atoms with E-state index in [1.807, 2.05) is 22.7 Å². The molecule has 2 aliphatic carbocycles. The maximum absolute atomic E-state index is 13.2. The Morgan fingerprint density at radius 2 is 2.03 bits per heavy atom. The summed E-state index contributed by atoms with van der Waals surface area (Å²) in [5.74, 6) is 0.738. The van der Waals surface area contributed by atoms with Gasteiger partial charge in [0.2, 0.25) is 0 Å². The van der Waals surface area contributed by atoms with E-state index in [-0.39, 0.29) is 28.3 Å². The summed E-state index contributed by atoms with van der Waals surface area (Å²) in [7, 11) is 1.41. The van der Waals surface area contributed by atoms with E-state index in [1.54, 1.807) is 12.3 Å². The third-order valence-corrected chi connectivity index (χ3v) is 7.12. The average molecular weight is 486 g/mol. The molecule has 1 aromatic carbocycles. The molecule has 0 bridgehead atoms. The lowest BCUT2D eigenvalue weighted by atomic mass is 9.69. The first-order valence-corrected chi connectivity index (χ1v) is 11.9. The predicted octanol–water partition coefficient (Wildman–Crippen LogP) is 5.10. The quantitative estimate of drug-likeness (QED) is 0.380. The molecule has 7 nitrogen and oxygen atoms in total. The van der Waals surface area contributed by atoms with Gasteiger partial charge in [0.15, 0.2) is 5.78 Å². The minimum Gasteiger partial charge on any atom is -0.496 e. The first kappa shape index (κ1) is 23.5. The van der Waals surface area contributed by atoms with Crippen molar-refractivity contribution in [3.8, 4) is 28.5 Å². The molecule has 2 aliphatic rings. The van der Waals surface area contributed by atoms with Crippen LogP contribution in [0, 0.1) is 11.3 Å². The molecule has 0 saturated heterocycles. The number of pyridine rings is 1. The smallest absolute Gasteiger partial charge is 0.387 e. The number of imidazole rings is 1. The molecule has 3 aromatic rings. The molecule has 0 unspecified atom stereocenters. The molecule has 186 valence electrons. The number of fused-ring (bicyclic) bond motifs is 1. The number of ketones is 1. The van der Waals surface area contributed by atoms with Gasteiger partial charge in [0.25, 0.3) is 0 Å².